The topological polar surface area (TPSA) is 44.4 Å². The van der Waals surface area contributed by atoms with Crippen LogP contribution in [-0.4, -0.2) is 50.1 Å². The fourth-order valence-electron chi connectivity index (χ4n) is 1.48. The molecule has 88 valence electrons. The zero-order valence-corrected chi connectivity index (χ0v) is 9.88. The number of hydrogen-bond acceptors (Lipinski definition) is 3. The average molecular weight is 213 g/mol. The fourth-order valence-corrected chi connectivity index (χ4v) is 1.48. The molecular formula is C11H23N3O. The van der Waals surface area contributed by atoms with Gasteiger partial charge in [0.05, 0.1) is 6.54 Å². The van der Waals surface area contributed by atoms with Gasteiger partial charge >= 0.3 is 0 Å². The Morgan fingerprint density at radius 1 is 1.40 bits per heavy atom. The first kappa shape index (κ1) is 12.5. The molecule has 4 heteroatoms. The van der Waals surface area contributed by atoms with Gasteiger partial charge in [0, 0.05) is 25.7 Å². The number of carbonyl (C=O) groups is 1. The highest BCUT2D eigenvalue weighted by atomic mass is 16.1. The molecule has 1 fully saturated rings. The van der Waals surface area contributed by atoms with Crippen LogP contribution >= 0.6 is 0 Å². The quantitative estimate of drug-likeness (QED) is 0.566. The molecule has 0 aromatic carbocycles. The lowest BCUT2D eigenvalue weighted by Gasteiger charge is -2.15. The summed E-state index contributed by atoms with van der Waals surface area (Å²) in [6.45, 7) is 5.21. The first-order valence-corrected chi connectivity index (χ1v) is 5.91. The van der Waals surface area contributed by atoms with Crippen LogP contribution in [0.4, 0.5) is 0 Å². The number of nitrogens with zero attached hydrogens (tertiary/aromatic N) is 1. The molecule has 0 saturated heterocycles. The van der Waals surface area contributed by atoms with Crippen LogP contribution in [0.25, 0.3) is 0 Å². The van der Waals surface area contributed by atoms with Crippen LogP contribution < -0.4 is 10.6 Å². The number of nitrogens with one attached hydrogen (secondary N) is 2. The van der Waals surface area contributed by atoms with E-state index >= 15 is 0 Å². The van der Waals surface area contributed by atoms with Gasteiger partial charge in [0.25, 0.3) is 0 Å². The Hall–Kier alpha value is -0.610. The van der Waals surface area contributed by atoms with Crippen molar-refractivity contribution in [1.29, 1.82) is 0 Å². The molecule has 2 N–H and O–H groups in total. The van der Waals surface area contributed by atoms with Crippen molar-refractivity contribution in [2.45, 2.75) is 32.2 Å². The molecule has 0 aromatic rings. The highest BCUT2D eigenvalue weighted by Gasteiger charge is 2.25. The molecule has 15 heavy (non-hydrogen) atoms. The van der Waals surface area contributed by atoms with Gasteiger partial charge < -0.3 is 15.5 Å². The van der Waals surface area contributed by atoms with Gasteiger partial charge in [-0.1, -0.05) is 6.92 Å². The highest BCUT2D eigenvalue weighted by Crippen LogP contribution is 2.24. The third-order valence-electron chi connectivity index (χ3n) is 2.67. The van der Waals surface area contributed by atoms with Crippen molar-refractivity contribution in [1.82, 2.24) is 15.5 Å². The summed E-state index contributed by atoms with van der Waals surface area (Å²) in [4.78, 5) is 13.6. The molecule has 1 aliphatic rings. The predicted octanol–water partition coefficient (Wildman–Crippen LogP) is 0.196. The summed E-state index contributed by atoms with van der Waals surface area (Å²) in [6, 6.07) is 0.806. The second-order valence-corrected chi connectivity index (χ2v) is 4.24. The molecule has 0 unspecified atom stereocenters. The van der Waals surface area contributed by atoms with E-state index in [1.54, 1.807) is 0 Å². The van der Waals surface area contributed by atoms with Gasteiger partial charge in [0.15, 0.2) is 0 Å². The van der Waals surface area contributed by atoms with Crippen molar-refractivity contribution in [2.75, 3.05) is 33.2 Å². The molecular weight excluding hydrogens is 190 g/mol. The van der Waals surface area contributed by atoms with E-state index < -0.39 is 0 Å². The minimum Gasteiger partial charge on any atom is -0.355 e. The van der Waals surface area contributed by atoms with E-state index in [1.807, 2.05) is 0 Å². The number of rotatable bonds is 8. The molecule has 0 heterocycles. The molecule has 0 aromatic heterocycles. The summed E-state index contributed by atoms with van der Waals surface area (Å²) in [7, 11) is 2.15. The summed E-state index contributed by atoms with van der Waals surface area (Å²) in [5.74, 6) is 0.103. The maximum absolute atomic E-state index is 11.2. The van der Waals surface area contributed by atoms with E-state index in [0.717, 1.165) is 32.1 Å². The summed E-state index contributed by atoms with van der Waals surface area (Å²) in [5, 5.41) is 5.99. The lowest BCUT2D eigenvalue weighted by molar-refractivity contribution is -0.120. The van der Waals surface area contributed by atoms with Crippen LogP contribution in [0.3, 0.4) is 0 Å². The predicted molar refractivity (Wildman–Crippen MR) is 61.8 cm³/mol. The second-order valence-electron chi connectivity index (χ2n) is 4.24. The van der Waals surface area contributed by atoms with Gasteiger partial charge in [-0.25, -0.2) is 0 Å². The van der Waals surface area contributed by atoms with Crippen LogP contribution in [-0.2, 0) is 4.79 Å². The zero-order chi connectivity index (χ0) is 11.1. The van der Waals surface area contributed by atoms with Crippen molar-refractivity contribution in [2.24, 2.45) is 0 Å². The van der Waals surface area contributed by atoms with Gasteiger partial charge in [-0.15, -0.1) is 0 Å². The lowest BCUT2D eigenvalue weighted by Crippen LogP contribution is -2.37. The van der Waals surface area contributed by atoms with Crippen LogP contribution in [0.15, 0.2) is 0 Å². The van der Waals surface area contributed by atoms with Crippen LogP contribution in [0.1, 0.15) is 26.2 Å². The molecule has 0 aliphatic heterocycles. The summed E-state index contributed by atoms with van der Waals surface area (Å²) in [5.41, 5.74) is 0. The van der Waals surface area contributed by atoms with Crippen molar-refractivity contribution < 1.29 is 4.79 Å². The Labute approximate surface area is 92.4 Å². The largest absolute Gasteiger partial charge is 0.355 e. The normalized spacial score (nSPS) is 15.7. The lowest BCUT2D eigenvalue weighted by atomic mass is 10.4. The Bertz CT molecular complexity index is 192. The van der Waals surface area contributed by atoms with E-state index in [1.165, 1.54) is 12.8 Å². The zero-order valence-electron chi connectivity index (χ0n) is 9.88. The van der Waals surface area contributed by atoms with Crippen LogP contribution in [0.2, 0.25) is 0 Å². The molecule has 0 spiro atoms. The third-order valence-corrected chi connectivity index (χ3v) is 2.67. The summed E-state index contributed by atoms with van der Waals surface area (Å²) >= 11 is 0. The Balaban J connectivity index is 1.89. The maximum Gasteiger partial charge on any atom is 0.233 e. The second kappa shape index (κ2) is 6.80. The van der Waals surface area contributed by atoms with Gasteiger partial charge in [-0.2, -0.15) is 0 Å². The van der Waals surface area contributed by atoms with Gasteiger partial charge in [-0.3, -0.25) is 4.79 Å². The Kier molecular flexibility index (Phi) is 5.65. The van der Waals surface area contributed by atoms with E-state index in [4.69, 9.17) is 0 Å². The molecule has 1 aliphatic carbocycles. The van der Waals surface area contributed by atoms with Crippen molar-refractivity contribution in [3.05, 3.63) is 0 Å². The summed E-state index contributed by atoms with van der Waals surface area (Å²) < 4.78 is 0. The third kappa shape index (κ3) is 5.74. The maximum atomic E-state index is 11.2. The van der Waals surface area contributed by atoms with Crippen LogP contribution in [0.5, 0.6) is 0 Å². The monoisotopic (exact) mass is 213 g/mol. The summed E-state index contributed by atoms with van der Waals surface area (Å²) in [6.07, 6.45) is 3.68. The highest BCUT2D eigenvalue weighted by molar-refractivity contribution is 5.77. The molecule has 1 saturated carbocycles. The molecule has 0 radical (unpaired) electrons. The van der Waals surface area contributed by atoms with Gasteiger partial charge in [0.1, 0.15) is 0 Å². The fraction of sp³-hybridized carbons (Fsp3) is 0.909. The first-order chi connectivity index (χ1) is 7.24. The molecule has 0 bridgehead atoms. The standard InChI is InChI=1S/C11H23N3O/c1-3-6-13-11(15)9-12-7-8-14(2)10-4-5-10/h10,12H,3-9H2,1-2H3,(H,13,15). The smallest absolute Gasteiger partial charge is 0.233 e. The minimum atomic E-state index is 0.103. The molecule has 1 rings (SSSR count). The van der Waals surface area contributed by atoms with E-state index in [9.17, 15) is 4.79 Å². The average Bonchev–Trinajstić information content (AvgIpc) is 3.04. The van der Waals surface area contributed by atoms with Crippen molar-refractivity contribution in [3.8, 4) is 0 Å². The van der Waals surface area contributed by atoms with Crippen molar-refractivity contribution in [3.63, 3.8) is 0 Å². The number of carbonyl (C=O) groups excluding carboxylic acids is 1. The molecule has 1 amide bonds. The van der Waals surface area contributed by atoms with E-state index in [0.29, 0.717) is 6.54 Å². The first-order valence-electron chi connectivity index (χ1n) is 5.91. The SMILES string of the molecule is CCCNC(=O)CNCCN(C)C1CC1. The van der Waals surface area contributed by atoms with E-state index in [2.05, 4.69) is 29.5 Å². The van der Waals surface area contributed by atoms with Gasteiger partial charge in [0.2, 0.25) is 5.91 Å². The van der Waals surface area contributed by atoms with Crippen LogP contribution in [0, 0.1) is 0 Å². The number of hydrogen-bond donors (Lipinski definition) is 2. The van der Waals surface area contributed by atoms with Gasteiger partial charge in [-0.05, 0) is 26.3 Å². The molecule has 4 nitrogen and oxygen atoms in total. The van der Waals surface area contributed by atoms with Crippen molar-refractivity contribution >= 4 is 5.91 Å². The Morgan fingerprint density at radius 3 is 2.73 bits per heavy atom. The number of amides is 1. The Morgan fingerprint density at radius 2 is 2.13 bits per heavy atom. The molecule has 0 atom stereocenters. The van der Waals surface area contributed by atoms with E-state index in [-0.39, 0.29) is 5.91 Å². The number of likely N-dealkylation sites (N-methyl/N-ethyl adjacent to an activating group) is 1. The minimum absolute atomic E-state index is 0.103.